The Labute approximate surface area is 147 Å². The van der Waals surface area contributed by atoms with E-state index in [-0.39, 0.29) is 5.91 Å². The number of aryl methyl sites for hydroxylation is 1. The van der Waals surface area contributed by atoms with E-state index in [0.29, 0.717) is 11.4 Å². The zero-order valence-corrected chi connectivity index (χ0v) is 14.9. The van der Waals surface area contributed by atoms with E-state index in [2.05, 4.69) is 26.2 Å². The summed E-state index contributed by atoms with van der Waals surface area (Å²) in [5.74, 6) is -0.0885. The van der Waals surface area contributed by atoms with Crippen LogP contribution in [0, 0.1) is 6.92 Å². The topological polar surface area (TPSA) is 42.0 Å². The SMILES string of the molecule is Cc1nc(-c2ccccc2)c(C(=O)NCc2cccc(Br)c2)s1. The summed E-state index contributed by atoms with van der Waals surface area (Å²) >= 11 is 4.86. The highest BCUT2D eigenvalue weighted by Gasteiger charge is 2.17. The van der Waals surface area contributed by atoms with Crippen LogP contribution in [-0.2, 0) is 6.54 Å². The number of carbonyl (C=O) groups is 1. The van der Waals surface area contributed by atoms with Crippen LogP contribution in [0.1, 0.15) is 20.2 Å². The second-order valence-electron chi connectivity index (χ2n) is 5.09. The van der Waals surface area contributed by atoms with Gasteiger partial charge in [0.2, 0.25) is 0 Å². The van der Waals surface area contributed by atoms with Gasteiger partial charge in [-0.1, -0.05) is 58.4 Å². The number of amides is 1. The Hall–Kier alpha value is -1.98. The lowest BCUT2D eigenvalue weighted by molar-refractivity contribution is 0.0955. The van der Waals surface area contributed by atoms with Crippen LogP contribution < -0.4 is 5.32 Å². The summed E-state index contributed by atoms with van der Waals surface area (Å²) in [7, 11) is 0. The highest BCUT2D eigenvalue weighted by molar-refractivity contribution is 9.10. The Morgan fingerprint density at radius 2 is 1.96 bits per heavy atom. The fourth-order valence-electron chi connectivity index (χ4n) is 2.28. The van der Waals surface area contributed by atoms with E-state index in [1.807, 2.05) is 61.5 Å². The summed E-state index contributed by atoms with van der Waals surface area (Å²) in [6, 6.07) is 17.7. The molecule has 1 aromatic heterocycles. The Kier molecular flexibility index (Phi) is 4.88. The molecule has 116 valence electrons. The number of thiazole rings is 1. The number of nitrogens with one attached hydrogen (secondary N) is 1. The summed E-state index contributed by atoms with van der Waals surface area (Å²) < 4.78 is 1.00. The molecule has 2 aromatic carbocycles. The number of halogens is 1. The van der Waals surface area contributed by atoms with Crippen molar-refractivity contribution >= 4 is 33.2 Å². The van der Waals surface area contributed by atoms with Gasteiger partial charge < -0.3 is 5.32 Å². The van der Waals surface area contributed by atoms with Gasteiger partial charge in [-0.3, -0.25) is 4.79 Å². The van der Waals surface area contributed by atoms with Gasteiger partial charge in [0.15, 0.2) is 0 Å². The maximum absolute atomic E-state index is 12.6. The van der Waals surface area contributed by atoms with Gasteiger partial charge in [-0.15, -0.1) is 11.3 Å². The number of aromatic nitrogens is 1. The first kappa shape index (κ1) is 15.9. The van der Waals surface area contributed by atoms with Crippen LogP contribution in [0.25, 0.3) is 11.3 Å². The first-order valence-electron chi connectivity index (χ1n) is 7.19. The van der Waals surface area contributed by atoms with Gasteiger partial charge >= 0.3 is 0 Å². The van der Waals surface area contributed by atoms with Crippen LogP contribution in [0.2, 0.25) is 0 Å². The Balaban J connectivity index is 1.80. The molecule has 0 spiro atoms. The molecule has 0 aliphatic carbocycles. The molecule has 0 unspecified atom stereocenters. The van der Waals surface area contributed by atoms with Gasteiger partial charge in [-0.25, -0.2) is 4.98 Å². The fourth-order valence-corrected chi connectivity index (χ4v) is 3.59. The number of carbonyl (C=O) groups excluding carboxylic acids is 1. The molecule has 3 nitrogen and oxygen atoms in total. The van der Waals surface area contributed by atoms with Gasteiger partial charge in [0.25, 0.3) is 5.91 Å². The van der Waals surface area contributed by atoms with Crippen molar-refractivity contribution in [1.82, 2.24) is 10.3 Å². The van der Waals surface area contributed by atoms with Crippen LogP contribution in [0.15, 0.2) is 59.1 Å². The van der Waals surface area contributed by atoms with E-state index in [1.165, 1.54) is 11.3 Å². The largest absolute Gasteiger partial charge is 0.347 e. The van der Waals surface area contributed by atoms with Crippen LogP contribution in [0.3, 0.4) is 0 Å². The van der Waals surface area contributed by atoms with Crippen molar-refractivity contribution < 1.29 is 4.79 Å². The lowest BCUT2D eigenvalue weighted by atomic mass is 10.1. The van der Waals surface area contributed by atoms with Crippen LogP contribution in [0.5, 0.6) is 0 Å². The van der Waals surface area contributed by atoms with Gasteiger partial charge in [0, 0.05) is 16.6 Å². The predicted octanol–water partition coefficient (Wildman–Crippen LogP) is 4.81. The Morgan fingerprint density at radius 1 is 1.17 bits per heavy atom. The number of hydrogen-bond donors (Lipinski definition) is 1. The third kappa shape index (κ3) is 3.86. The second kappa shape index (κ2) is 7.06. The van der Waals surface area contributed by atoms with Gasteiger partial charge in [-0.05, 0) is 24.6 Å². The zero-order valence-electron chi connectivity index (χ0n) is 12.5. The third-order valence-corrected chi connectivity index (χ3v) is 4.79. The lowest BCUT2D eigenvalue weighted by Crippen LogP contribution is -2.22. The average molecular weight is 387 g/mol. The maximum Gasteiger partial charge on any atom is 0.263 e. The molecule has 0 atom stereocenters. The molecule has 1 heterocycles. The lowest BCUT2D eigenvalue weighted by Gasteiger charge is -2.06. The molecule has 0 saturated carbocycles. The highest BCUT2D eigenvalue weighted by Crippen LogP contribution is 2.27. The normalized spacial score (nSPS) is 10.5. The summed E-state index contributed by atoms with van der Waals surface area (Å²) in [5, 5.41) is 3.86. The minimum absolute atomic E-state index is 0.0885. The molecule has 3 rings (SSSR count). The van der Waals surface area contributed by atoms with Crippen molar-refractivity contribution in [3.63, 3.8) is 0 Å². The second-order valence-corrected chi connectivity index (χ2v) is 7.21. The number of hydrogen-bond acceptors (Lipinski definition) is 3. The molecule has 0 aliphatic rings. The first-order chi connectivity index (χ1) is 11.1. The van der Waals surface area contributed by atoms with Crippen molar-refractivity contribution in [3.05, 3.63) is 74.5 Å². The maximum atomic E-state index is 12.6. The summed E-state index contributed by atoms with van der Waals surface area (Å²) in [6.07, 6.45) is 0. The molecule has 0 bridgehead atoms. The molecule has 0 aliphatic heterocycles. The van der Waals surface area contributed by atoms with E-state index in [9.17, 15) is 4.79 Å². The van der Waals surface area contributed by atoms with Crippen LogP contribution >= 0.6 is 27.3 Å². The Morgan fingerprint density at radius 3 is 2.70 bits per heavy atom. The Bertz CT molecular complexity index is 830. The van der Waals surface area contributed by atoms with E-state index >= 15 is 0 Å². The molecule has 0 saturated heterocycles. The number of benzene rings is 2. The predicted molar refractivity (Wildman–Crippen MR) is 97.6 cm³/mol. The standard InChI is InChI=1S/C18H15BrN2OS/c1-12-21-16(14-7-3-2-4-8-14)17(23-12)18(22)20-11-13-6-5-9-15(19)10-13/h2-10H,11H2,1H3,(H,20,22). The number of nitrogens with zero attached hydrogens (tertiary/aromatic N) is 1. The summed E-state index contributed by atoms with van der Waals surface area (Å²) in [6.45, 7) is 2.41. The average Bonchev–Trinajstić information content (AvgIpc) is 2.95. The van der Waals surface area contributed by atoms with E-state index in [0.717, 1.165) is 26.3 Å². The molecule has 0 radical (unpaired) electrons. The monoisotopic (exact) mass is 386 g/mol. The van der Waals surface area contributed by atoms with Crippen LogP contribution in [0.4, 0.5) is 0 Å². The minimum atomic E-state index is -0.0885. The van der Waals surface area contributed by atoms with Gasteiger partial charge in [0.1, 0.15) is 4.88 Å². The third-order valence-electron chi connectivity index (χ3n) is 3.33. The van der Waals surface area contributed by atoms with Gasteiger partial charge in [-0.2, -0.15) is 0 Å². The molecule has 5 heteroatoms. The van der Waals surface area contributed by atoms with Crippen LogP contribution in [-0.4, -0.2) is 10.9 Å². The molecular weight excluding hydrogens is 372 g/mol. The van der Waals surface area contributed by atoms with Crippen molar-refractivity contribution in [2.24, 2.45) is 0 Å². The van der Waals surface area contributed by atoms with Crippen molar-refractivity contribution in [2.75, 3.05) is 0 Å². The van der Waals surface area contributed by atoms with E-state index in [4.69, 9.17) is 0 Å². The zero-order chi connectivity index (χ0) is 16.2. The van der Waals surface area contributed by atoms with Gasteiger partial charge in [0.05, 0.1) is 10.7 Å². The molecule has 23 heavy (non-hydrogen) atoms. The molecule has 1 N–H and O–H groups in total. The van der Waals surface area contributed by atoms with Crippen molar-refractivity contribution in [2.45, 2.75) is 13.5 Å². The smallest absolute Gasteiger partial charge is 0.263 e. The quantitative estimate of drug-likeness (QED) is 0.698. The molecule has 0 fully saturated rings. The summed E-state index contributed by atoms with van der Waals surface area (Å²) in [4.78, 5) is 17.7. The van der Waals surface area contributed by atoms with E-state index < -0.39 is 0 Å². The molecule has 3 aromatic rings. The highest BCUT2D eigenvalue weighted by atomic mass is 79.9. The van der Waals surface area contributed by atoms with E-state index in [1.54, 1.807) is 0 Å². The fraction of sp³-hybridized carbons (Fsp3) is 0.111. The first-order valence-corrected chi connectivity index (χ1v) is 8.80. The minimum Gasteiger partial charge on any atom is -0.347 e. The number of rotatable bonds is 4. The van der Waals surface area contributed by atoms with Crippen molar-refractivity contribution in [3.8, 4) is 11.3 Å². The molecular formula is C18H15BrN2OS. The van der Waals surface area contributed by atoms with Crippen molar-refractivity contribution in [1.29, 1.82) is 0 Å². The molecule has 1 amide bonds. The summed E-state index contributed by atoms with van der Waals surface area (Å²) in [5.41, 5.74) is 2.76.